The minimum Gasteiger partial charge on any atom is -0.489 e. The van der Waals surface area contributed by atoms with Crippen molar-refractivity contribution >= 4 is 23.2 Å². The highest BCUT2D eigenvalue weighted by atomic mass is 35.5. The summed E-state index contributed by atoms with van der Waals surface area (Å²) < 4.78 is 33.7. The van der Waals surface area contributed by atoms with Gasteiger partial charge in [0.15, 0.2) is 0 Å². The first-order valence-electron chi connectivity index (χ1n) is 6.88. The topological polar surface area (TPSA) is 29.5 Å². The predicted octanol–water partition coefficient (Wildman–Crippen LogP) is 3.73. The summed E-state index contributed by atoms with van der Waals surface area (Å²) >= 11 is 5.90. The van der Waals surface area contributed by atoms with Crippen molar-refractivity contribution in [2.45, 2.75) is 18.7 Å². The monoisotopic (exact) mass is 327 g/mol. The van der Waals surface area contributed by atoms with Crippen LogP contribution < -0.4 is 4.74 Å². The zero-order chi connectivity index (χ0) is 16.3. The third kappa shape index (κ3) is 3.14. The molecule has 6 heteroatoms. The molecular formula is C16H16ClF2NO2. The first-order chi connectivity index (χ1) is 10.5. The van der Waals surface area contributed by atoms with Crippen molar-refractivity contribution in [1.29, 1.82) is 0 Å². The van der Waals surface area contributed by atoms with Crippen LogP contribution in [0.3, 0.4) is 0 Å². The third-order valence-corrected chi connectivity index (χ3v) is 3.66. The summed E-state index contributed by atoms with van der Waals surface area (Å²) in [4.78, 5) is 13.3. The number of rotatable bonds is 5. The van der Waals surface area contributed by atoms with Crippen LogP contribution in [0.15, 0.2) is 30.9 Å². The van der Waals surface area contributed by atoms with Crippen LogP contribution in [0.5, 0.6) is 5.75 Å². The molecule has 1 aliphatic heterocycles. The van der Waals surface area contributed by atoms with Gasteiger partial charge in [0.1, 0.15) is 29.4 Å². The van der Waals surface area contributed by atoms with Gasteiger partial charge in [0.05, 0.1) is 11.3 Å². The molecule has 1 aliphatic rings. The van der Waals surface area contributed by atoms with E-state index in [9.17, 15) is 13.6 Å². The fourth-order valence-corrected chi connectivity index (χ4v) is 2.52. The van der Waals surface area contributed by atoms with Gasteiger partial charge in [-0.15, -0.1) is 11.6 Å². The average molecular weight is 328 g/mol. The molecule has 0 N–H and O–H groups in total. The van der Waals surface area contributed by atoms with E-state index in [1.807, 2.05) is 0 Å². The lowest BCUT2D eigenvalue weighted by Gasteiger charge is -2.30. The average Bonchev–Trinajstić information content (AvgIpc) is 2.48. The normalized spacial score (nSPS) is 18.2. The first kappa shape index (κ1) is 16.5. The molecule has 0 spiro atoms. The number of hydrogen-bond donors (Lipinski definition) is 0. The maximum absolute atomic E-state index is 14.3. The largest absolute Gasteiger partial charge is 0.489 e. The maximum atomic E-state index is 14.3. The molecule has 2 rings (SSSR count). The standard InChI is InChI=1S/C16H16ClF2NO2/c1-3-7-22-10-8-12(18)15(13(19)9-10)14-6-5-11(17)16(21)20(14)4-2/h3,6,8-9,11H,1,4-5,7H2,2H3. The van der Waals surface area contributed by atoms with Gasteiger partial charge in [-0.05, 0) is 13.3 Å². The lowest BCUT2D eigenvalue weighted by molar-refractivity contribution is -0.127. The maximum Gasteiger partial charge on any atom is 0.245 e. The Balaban J connectivity index is 2.43. The first-order valence-corrected chi connectivity index (χ1v) is 7.32. The summed E-state index contributed by atoms with van der Waals surface area (Å²) in [6.45, 7) is 5.62. The van der Waals surface area contributed by atoms with E-state index >= 15 is 0 Å². The summed E-state index contributed by atoms with van der Waals surface area (Å²) in [6, 6.07) is 2.18. The fourth-order valence-electron chi connectivity index (χ4n) is 2.31. The van der Waals surface area contributed by atoms with E-state index < -0.39 is 17.0 Å². The van der Waals surface area contributed by atoms with Crippen LogP contribution in [0.4, 0.5) is 8.78 Å². The molecule has 0 aliphatic carbocycles. The highest BCUT2D eigenvalue weighted by Gasteiger charge is 2.31. The van der Waals surface area contributed by atoms with Crippen LogP contribution in [0, 0.1) is 11.6 Å². The van der Waals surface area contributed by atoms with Gasteiger partial charge in [-0.1, -0.05) is 18.7 Å². The van der Waals surface area contributed by atoms with Crippen LogP contribution in [0.25, 0.3) is 5.70 Å². The smallest absolute Gasteiger partial charge is 0.245 e. The second-order valence-corrected chi connectivity index (χ2v) is 5.26. The third-order valence-electron chi connectivity index (χ3n) is 3.30. The summed E-state index contributed by atoms with van der Waals surface area (Å²) in [5.74, 6) is -1.86. The summed E-state index contributed by atoms with van der Waals surface area (Å²) in [7, 11) is 0. The van der Waals surface area contributed by atoms with Crippen LogP contribution >= 0.6 is 11.6 Å². The molecule has 0 saturated carbocycles. The lowest BCUT2D eigenvalue weighted by Crippen LogP contribution is -2.38. The number of carbonyl (C=O) groups is 1. The number of allylic oxidation sites excluding steroid dienone is 1. The zero-order valence-electron chi connectivity index (χ0n) is 12.1. The van der Waals surface area contributed by atoms with Gasteiger partial charge >= 0.3 is 0 Å². The Hall–Kier alpha value is -1.88. The van der Waals surface area contributed by atoms with Crippen molar-refractivity contribution < 1.29 is 18.3 Å². The molecule has 0 fully saturated rings. The van der Waals surface area contributed by atoms with Crippen molar-refractivity contribution in [2.75, 3.05) is 13.2 Å². The Morgan fingerprint density at radius 1 is 1.45 bits per heavy atom. The van der Waals surface area contributed by atoms with Crippen LogP contribution in [-0.4, -0.2) is 29.3 Å². The van der Waals surface area contributed by atoms with Crippen molar-refractivity contribution in [3.63, 3.8) is 0 Å². The SMILES string of the molecule is C=CCOc1cc(F)c(C2=CCC(Cl)C(=O)N2CC)c(F)c1. The number of carbonyl (C=O) groups excluding carboxylic acids is 1. The second-order valence-electron chi connectivity index (χ2n) is 4.74. The molecule has 1 unspecified atom stereocenters. The summed E-state index contributed by atoms with van der Waals surface area (Å²) in [5, 5.41) is -0.704. The van der Waals surface area contributed by atoms with Crippen molar-refractivity contribution in [3.8, 4) is 5.75 Å². The molecule has 118 valence electrons. The van der Waals surface area contributed by atoms with Crippen molar-refractivity contribution in [3.05, 3.63) is 48.1 Å². The Morgan fingerprint density at radius 3 is 2.64 bits per heavy atom. The molecule has 1 aromatic rings. The number of ether oxygens (including phenoxy) is 1. The highest BCUT2D eigenvalue weighted by Crippen LogP contribution is 2.33. The molecule has 0 bridgehead atoms. The molecule has 1 heterocycles. The van der Waals surface area contributed by atoms with Crippen LogP contribution in [-0.2, 0) is 4.79 Å². The number of benzene rings is 1. The molecule has 1 atom stereocenters. The van der Waals surface area contributed by atoms with Gasteiger partial charge in [-0.3, -0.25) is 4.79 Å². The predicted molar refractivity (Wildman–Crippen MR) is 81.7 cm³/mol. The Morgan fingerprint density at radius 2 is 2.09 bits per heavy atom. The van der Waals surface area contributed by atoms with E-state index in [4.69, 9.17) is 16.3 Å². The van der Waals surface area contributed by atoms with E-state index in [0.717, 1.165) is 12.1 Å². The van der Waals surface area contributed by atoms with Gasteiger partial charge in [-0.25, -0.2) is 8.78 Å². The van der Waals surface area contributed by atoms with Crippen LogP contribution in [0.2, 0.25) is 0 Å². The Kier molecular flexibility index (Phi) is 5.19. The number of hydrogen-bond acceptors (Lipinski definition) is 2. The van der Waals surface area contributed by atoms with Gasteiger partial charge in [0.2, 0.25) is 5.91 Å². The zero-order valence-corrected chi connectivity index (χ0v) is 12.9. The number of amides is 1. The van der Waals surface area contributed by atoms with Gasteiger partial charge in [0.25, 0.3) is 0 Å². The van der Waals surface area contributed by atoms with Gasteiger partial charge in [-0.2, -0.15) is 0 Å². The fraction of sp³-hybridized carbons (Fsp3) is 0.312. The van der Waals surface area contributed by atoms with Crippen molar-refractivity contribution in [1.82, 2.24) is 4.90 Å². The van der Waals surface area contributed by atoms with E-state index in [2.05, 4.69) is 6.58 Å². The molecule has 3 nitrogen and oxygen atoms in total. The minimum absolute atomic E-state index is 0.0691. The quantitative estimate of drug-likeness (QED) is 0.609. The van der Waals surface area contributed by atoms with Crippen LogP contribution in [0.1, 0.15) is 18.9 Å². The van der Waals surface area contributed by atoms with E-state index in [-0.39, 0.29) is 42.5 Å². The second kappa shape index (κ2) is 6.92. The number of nitrogens with zero attached hydrogens (tertiary/aromatic N) is 1. The Labute approximate surface area is 132 Å². The number of halogens is 3. The molecule has 0 radical (unpaired) electrons. The summed E-state index contributed by atoms with van der Waals surface area (Å²) in [5.41, 5.74) is -0.0422. The number of alkyl halides is 1. The van der Waals surface area contributed by atoms with Gasteiger partial charge in [0, 0.05) is 18.7 Å². The molecule has 0 saturated heterocycles. The van der Waals surface area contributed by atoms with E-state index in [0.29, 0.717) is 0 Å². The molecule has 0 aromatic heterocycles. The molecular weight excluding hydrogens is 312 g/mol. The van der Waals surface area contributed by atoms with Crippen molar-refractivity contribution in [2.24, 2.45) is 0 Å². The molecule has 1 amide bonds. The van der Waals surface area contributed by atoms with Gasteiger partial charge < -0.3 is 9.64 Å². The molecule has 1 aromatic carbocycles. The van der Waals surface area contributed by atoms with E-state index in [1.54, 1.807) is 13.0 Å². The summed E-state index contributed by atoms with van der Waals surface area (Å²) in [6.07, 6.45) is 3.29. The minimum atomic E-state index is -0.787. The molecule has 22 heavy (non-hydrogen) atoms. The lowest BCUT2D eigenvalue weighted by atomic mass is 10.0. The highest BCUT2D eigenvalue weighted by molar-refractivity contribution is 6.31. The Bertz CT molecular complexity index is 608. The van der Waals surface area contributed by atoms with E-state index in [1.165, 1.54) is 11.0 Å².